The number of anilines is 1. The topological polar surface area (TPSA) is 73.8 Å². The van der Waals surface area contributed by atoms with Crippen LogP contribution in [0.1, 0.15) is 28.8 Å². The minimum Gasteiger partial charge on any atom is -0.397 e. The first-order valence-corrected chi connectivity index (χ1v) is 5.86. The second-order valence-electron chi connectivity index (χ2n) is 4.18. The summed E-state index contributed by atoms with van der Waals surface area (Å²) < 4.78 is 1.74. The maximum absolute atomic E-state index is 12.0. The van der Waals surface area contributed by atoms with E-state index in [1.54, 1.807) is 16.8 Å². The Kier molecular flexibility index (Phi) is 3.41. The van der Waals surface area contributed by atoms with Crippen LogP contribution in [0.15, 0.2) is 24.4 Å². The lowest BCUT2D eigenvalue weighted by Gasteiger charge is -2.01. The minimum absolute atomic E-state index is 0.0272. The Bertz CT molecular complexity index is 557. The van der Waals surface area contributed by atoms with Crippen molar-refractivity contribution in [3.63, 3.8) is 0 Å². The van der Waals surface area contributed by atoms with Gasteiger partial charge in [0.25, 0.3) is 0 Å². The van der Waals surface area contributed by atoms with E-state index in [-0.39, 0.29) is 5.78 Å². The molecule has 0 bridgehead atoms. The number of nitrogen functional groups attached to an aromatic ring is 1. The number of carbonyl (C=O) groups excluding carboxylic acids is 1. The molecule has 0 aromatic carbocycles. The van der Waals surface area contributed by atoms with Gasteiger partial charge in [-0.1, -0.05) is 6.92 Å². The Balaban J connectivity index is 2.15. The van der Waals surface area contributed by atoms with Crippen LogP contribution in [0.25, 0.3) is 0 Å². The molecule has 2 heterocycles. The number of ketones is 1. The zero-order valence-electron chi connectivity index (χ0n) is 10.6. The first kappa shape index (κ1) is 12.3. The molecule has 0 aliphatic rings. The number of Topliss-reactive ketones (excluding diaryl/α,β-unsaturated/α-hetero) is 1. The van der Waals surface area contributed by atoms with Crippen LogP contribution in [-0.4, -0.2) is 20.5 Å². The maximum Gasteiger partial charge on any atom is 0.187 e. The third kappa shape index (κ3) is 2.56. The summed E-state index contributed by atoms with van der Waals surface area (Å²) in [6.45, 7) is 2.04. The van der Waals surface area contributed by atoms with Crippen LogP contribution in [0.4, 0.5) is 5.69 Å². The summed E-state index contributed by atoms with van der Waals surface area (Å²) in [6, 6.07) is 5.28. The van der Waals surface area contributed by atoms with Gasteiger partial charge in [0.15, 0.2) is 5.78 Å². The molecule has 0 aliphatic carbocycles. The fourth-order valence-electron chi connectivity index (χ4n) is 1.74. The van der Waals surface area contributed by atoms with Crippen molar-refractivity contribution in [3.8, 4) is 0 Å². The van der Waals surface area contributed by atoms with Gasteiger partial charge < -0.3 is 5.73 Å². The number of pyridine rings is 1. The number of nitrogens with two attached hydrogens (primary N) is 1. The van der Waals surface area contributed by atoms with Crippen molar-refractivity contribution in [2.24, 2.45) is 7.05 Å². The molecule has 0 spiro atoms. The van der Waals surface area contributed by atoms with Gasteiger partial charge in [0.1, 0.15) is 5.69 Å². The number of nitrogens with zero attached hydrogens (tertiary/aromatic N) is 3. The zero-order chi connectivity index (χ0) is 13.1. The summed E-state index contributed by atoms with van der Waals surface area (Å²) in [5.74, 6) is -0.0272. The van der Waals surface area contributed by atoms with Crippen molar-refractivity contribution < 1.29 is 4.79 Å². The minimum atomic E-state index is -0.0272. The monoisotopic (exact) mass is 244 g/mol. The van der Waals surface area contributed by atoms with Crippen molar-refractivity contribution in [1.29, 1.82) is 0 Å². The Morgan fingerprint density at radius 3 is 2.78 bits per heavy atom. The van der Waals surface area contributed by atoms with E-state index < -0.39 is 0 Å². The van der Waals surface area contributed by atoms with Gasteiger partial charge in [-0.05, 0) is 24.6 Å². The summed E-state index contributed by atoms with van der Waals surface area (Å²) in [6.07, 6.45) is 2.66. The Morgan fingerprint density at radius 1 is 1.44 bits per heavy atom. The maximum atomic E-state index is 12.0. The van der Waals surface area contributed by atoms with Crippen LogP contribution in [-0.2, 0) is 19.9 Å². The highest BCUT2D eigenvalue weighted by atomic mass is 16.1. The molecule has 2 N–H and O–H groups in total. The second kappa shape index (κ2) is 5.00. The largest absolute Gasteiger partial charge is 0.397 e. The van der Waals surface area contributed by atoms with Gasteiger partial charge in [0.2, 0.25) is 0 Å². The number of carbonyl (C=O) groups is 1. The summed E-state index contributed by atoms with van der Waals surface area (Å²) in [4.78, 5) is 16.1. The quantitative estimate of drug-likeness (QED) is 0.825. The van der Waals surface area contributed by atoms with E-state index in [1.165, 1.54) is 6.20 Å². The first-order chi connectivity index (χ1) is 8.60. The average Bonchev–Trinajstić information content (AvgIpc) is 2.71. The summed E-state index contributed by atoms with van der Waals surface area (Å²) in [5, 5.41) is 4.31. The lowest BCUT2D eigenvalue weighted by Crippen LogP contribution is -2.09. The average molecular weight is 244 g/mol. The highest BCUT2D eigenvalue weighted by molar-refractivity contribution is 5.95. The molecule has 18 heavy (non-hydrogen) atoms. The highest BCUT2D eigenvalue weighted by Crippen LogP contribution is 2.09. The van der Waals surface area contributed by atoms with Crippen LogP contribution < -0.4 is 5.73 Å². The van der Waals surface area contributed by atoms with Gasteiger partial charge in [-0.25, -0.2) is 0 Å². The van der Waals surface area contributed by atoms with Gasteiger partial charge in [-0.15, -0.1) is 0 Å². The third-order valence-electron chi connectivity index (χ3n) is 2.80. The van der Waals surface area contributed by atoms with Crippen LogP contribution in [0.5, 0.6) is 0 Å². The number of aromatic nitrogens is 3. The van der Waals surface area contributed by atoms with E-state index in [9.17, 15) is 4.79 Å². The smallest absolute Gasteiger partial charge is 0.187 e. The summed E-state index contributed by atoms with van der Waals surface area (Å²) >= 11 is 0. The van der Waals surface area contributed by atoms with Crippen molar-refractivity contribution >= 4 is 11.5 Å². The lowest BCUT2D eigenvalue weighted by atomic mass is 10.1. The molecule has 94 valence electrons. The number of hydrogen-bond acceptors (Lipinski definition) is 4. The van der Waals surface area contributed by atoms with E-state index in [2.05, 4.69) is 10.1 Å². The normalized spacial score (nSPS) is 10.6. The van der Waals surface area contributed by atoms with Gasteiger partial charge in [0.05, 0.1) is 24.0 Å². The molecule has 5 heteroatoms. The Labute approximate surface area is 106 Å². The predicted octanol–water partition coefficient (Wildman–Crippen LogP) is 1.39. The molecule has 0 radical (unpaired) electrons. The zero-order valence-corrected chi connectivity index (χ0v) is 10.6. The number of aryl methyl sites for hydroxylation is 2. The van der Waals surface area contributed by atoms with Crippen molar-refractivity contribution in [2.45, 2.75) is 19.8 Å². The summed E-state index contributed by atoms with van der Waals surface area (Å²) in [7, 11) is 1.85. The molecule has 0 amide bonds. The van der Waals surface area contributed by atoms with Crippen molar-refractivity contribution in [3.05, 3.63) is 41.5 Å². The fraction of sp³-hybridized carbons (Fsp3) is 0.308. The van der Waals surface area contributed by atoms with Crippen LogP contribution >= 0.6 is 0 Å². The Hall–Kier alpha value is -2.17. The molecule has 2 aromatic rings. The van der Waals surface area contributed by atoms with E-state index in [1.807, 2.05) is 20.0 Å². The van der Waals surface area contributed by atoms with Crippen LogP contribution in [0.3, 0.4) is 0 Å². The molecule has 0 unspecified atom stereocenters. The molecule has 5 nitrogen and oxygen atoms in total. The molecular weight excluding hydrogens is 228 g/mol. The first-order valence-electron chi connectivity index (χ1n) is 5.86. The van der Waals surface area contributed by atoms with E-state index in [0.29, 0.717) is 17.8 Å². The lowest BCUT2D eigenvalue weighted by molar-refractivity contribution is 0.0986. The van der Waals surface area contributed by atoms with E-state index in [0.717, 1.165) is 17.8 Å². The Morgan fingerprint density at radius 2 is 2.22 bits per heavy atom. The third-order valence-corrected chi connectivity index (χ3v) is 2.80. The fourth-order valence-corrected chi connectivity index (χ4v) is 1.74. The standard InChI is InChI=1S/C13H16N4O/c1-3-10-6-11(17(2)16-10)7-13(18)12-5-4-9(14)8-15-12/h4-6,8H,3,7,14H2,1-2H3. The molecule has 0 atom stereocenters. The molecule has 2 aromatic heterocycles. The molecular formula is C13H16N4O. The van der Waals surface area contributed by atoms with Crippen molar-refractivity contribution in [1.82, 2.24) is 14.8 Å². The summed E-state index contributed by atoms with van der Waals surface area (Å²) in [5.41, 5.74) is 8.42. The highest BCUT2D eigenvalue weighted by Gasteiger charge is 2.12. The van der Waals surface area contributed by atoms with E-state index in [4.69, 9.17) is 5.73 Å². The SMILES string of the molecule is CCc1cc(CC(=O)c2ccc(N)cn2)n(C)n1. The number of hydrogen-bond donors (Lipinski definition) is 1. The number of rotatable bonds is 4. The van der Waals surface area contributed by atoms with Crippen LogP contribution in [0.2, 0.25) is 0 Å². The van der Waals surface area contributed by atoms with Crippen LogP contribution in [0, 0.1) is 0 Å². The van der Waals surface area contributed by atoms with Gasteiger partial charge in [-0.2, -0.15) is 5.10 Å². The van der Waals surface area contributed by atoms with Crippen molar-refractivity contribution in [2.75, 3.05) is 5.73 Å². The van der Waals surface area contributed by atoms with E-state index >= 15 is 0 Å². The van der Waals surface area contributed by atoms with Gasteiger partial charge in [0, 0.05) is 12.7 Å². The molecule has 0 saturated heterocycles. The second-order valence-corrected chi connectivity index (χ2v) is 4.18. The molecule has 0 saturated carbocycles. The van der Waals surface area contributed by atoms with Gasteiger partial charge >= 0.3 is 0 Å². The molecule has 0 fully saturated rings. The molecule has 2 rings (SSSR count). The predicted molar refractivity (Wildman–Crippen MR) is 69.3 cm³/mol. The molecule has 0 aliphatic heterocycles. The van der Waals surface area contributed by atoms with Gasteiger partial charge in [-0.3, -0.25) is 14.5 Å².